The lowest BCUT2D eigenvalue weighted by atomic mass is 9.90. The van der Waals surface area contributed by atoms with Gasteiger partial charge in [-0.3, -0.25) is 0 Å². The van der Waals surface area contributed by atoms with E-state index in [0.29, 0.717) is 12.8 Å². The van der Waals surface area contributed by atoms with Gasteiger partial charge in [0, 0.05) is 0 Å². The molecule has 0 saturated carbocycles. The molecule has 0 aliphatic heterocycles. The Morgan fingerprint density at radius 1 is 1.00 bits per heavy atom. The first-order chi connectivity index (χ1) is 10.0. The molecule has 0 heterocycles. The van der Waals surface area contributed by atoms with Crippen LogP contribution in [0.25, 0.3) is 0 Å². The van der Waals surface area contributed by atoms with Crippen molar-refractivity contribution in [3.8, 4) is 0 Å². The predicted molar refractivity (Wildman–Crippen MR) is 75.3 cm³/mol. The van der Waals surface area contributed by atoms with Gasteiger partial charge >= 0.3 is 17.9 Å². The third kappa shape index (κ3) is 5.20. The molecule has 0 aromatic carbocycles. The predicted octanol–water partition coefficient (Wildman–Crippen LogP) is -0.188. The van der Waals surface area contributed by atoms with E-state index in [4.69, 9.17) is 0 Å². The van der Waals surface area contributed by atoms with E-state index in [1.807, 2.05) is 6.92 Å². The zero-order valence-electron chi connectivity index (χ0n) is 13.4. The third-order valence-electron chi connectivity index (χ3n) is 3.28. The number of carbonyl (C=O) groups is 2. The Morgan fingerprint density at radius 2 is 1.41 bits per heavy atom. The Hall–Kier alpha value is -1.22. The van der Waals surface area contributed by atoms with Crippen molar-refractivity contribution in [3.05, 3.63) is 0 Å². The van der Waals surface area contributed by atoms with E-state index in [0.717, 1.165) is 13.8 Å². The minimum Gasteiger partial charge on any atom is -0.394 e. The summed E-state index contributed by atoms with van der Waals surface area (Å²) < 4.78 is 9.27. The van der Waals surface area contributed by atoms with Crippen LogP contribution < -0.4 is 0 Å². The van der Waals surface area contributed by atoms with Gasteiger partial charge in [0.1, 0.15) is 12.2 Å². The Morgan fingerprint density at radius 3 is 1.68 bits per heavy atom. The standard InChI is InChI=1S/C14H26O8/c1-5-7-8-13(19,6-2)14(20,21-11(17)9(3)15)22-12(18)10(4)16/h9-10,15-16,19-20H,5-8H2,1-4H3. The van der Waals surface area contributed by atoms with Gasteiger partial charge in [-0.25, -0.2) is 9.59 Å². The molecule has 0 aromatic heterocycles. The molecule has 22 heavy (non-hydrogen) atoms. The van der Waals surface area contributed by atoms with E-state index in [9.17, 15) is 30.0 Å². The lowest BCUT2D eigenvalue weighted by Gasteiger charge is -2.40. The van der Waals surface area contributed by atoms with Crippen molar-refractivity contribution in [2.45, 2.75) is 77.2 Å². The Bertz CT molecular complexity index is 357. The highest BCUT2D eigenvalue weighted by Crippen LogP contribution is 2.34. The molecule has 130 valence electrons. The van der Waals surface area contributed by atoms with Crippen LogP contribution in [0.15, 0.2) is 0 Å². The molecule has 8 heteroatoms. The van der Waals surface area contributed by atoms with E-state index < -0.39 is 35.7 Å². The van der Waals surface area contributed by atoms with Crippen molar-refractivity contribution < 1.29 is 39.5 Å². The van der Waals surface area contributed by atoms with Gasteiger partial charge in [0.2, 0.25) is 0 Å². The summed E-state index contributed by atoms with van der Waals surface area (Å²) in [5.41, 5.74) is -2.07. The number of carbonyl (C=O) groups excluding carboxylic acids is 2. The van der Waals surface area contributed by atoms with E-state index in [1.165, 1.54) is 6.92 Å². The minimum atomic E-state index is -3.00. The molecule has 3 unspecified atom stereocenters. The lowest BCUT2D eigenvalue weighted by molar-refractivity contribution is -0.397. The number of esters is 2. The van der Waals surface area contributed by atoms with Crippen LogP contribution in [0, 0.1) is 0 Å². The van der Waals surface area contributed by atoms with Gasteiger partial charge in [-0.15, -0.1) is 0 Å². The summed E-state index contributed by atoms with van der Waals surface area (Å²) in [5.74, 6) is -5.55. The topological polar surface area (TPSA) is 134 Å². The van der Waals surface area contributed by atoms with E-state index in [-0.39, 0.29) is 12.8 Å². The fourth-order valence-electron chi connectivity index (χ4n) is 1.68. The van der Waals surface area contributed by atoms with Crippen LogP contribution in [-0.4, -0.2) is 56.1 Å². The second-order valence-electron chi connectivity index (χ2n) is 5.26. The van der Waals surface area contributed by atoms with E-state index in [2.05, 4.69) is 9.47 Å². The summed E-state index contributed by atoms with van der Waals surface area (Å²) in [6.45, 7) is 5.54. The first-order valence-electron chi connectivity index (χ1n) is 7.29. The average Bonchev–Trinajstić information content (AvgIpc) is 2.43. The van der Waals surface area contributed by atoms with Crippen molar-refractivity contribution in [2.24, 2.45) is 0 Å². The van der Waals surface area contributed by atoms with Crippen molar-refractivity contribution in [1.29, 1.82) is 0 Å². The number of hydrogen-bond donors (Lipinski definition) is 4. The van der Waals surface area contributed by atoms with Crippen LogP contribution in [0.5, 0.6) is 0 Å². The van der Waals surface area contributed by atoms with Crippen molar-refractivity contribution in [2.75, 3.05) is 0 Å². The van der Waals surface area contributed by atoms with Crippen LogP contribution in [0.1, 0.15) is 53.4 Å². The van der Waals surface area contributed by atoms with Crippen LogP contribution in [-0.2, 0) is 19.1 Å². The van der Waals surface area contributed by atoms with Crippen molar-refractivity contribution in [1.82, 2.24) is 0 Å². The smallest absolute Gasteiger partial charge is 0.394 e. The fraction of sp³-hybridized carbons (Fsp3) is 0.857. The molecule has 0 saturated heterocycles. The molecule has 0 aliphatic carbocycles. The Kier molecular flexibility index (Phi) is 7.96. The molecule has 0 aromatic rings. The van der Waals surface area contributed by atoms with Gasteiger partial charge < -0.3 is 29.9 Å². The summed E-state index contributed by atoms with van der Waals surface area (Å²) in [5, 5.41) is 39.4. The van der Waals surface area contributed by atoms with Gasteiger partial charge in [0.05, 0.1) is 0 Å². The zero-order valence-corrected chi connectivity index (χ0v) is 13.4. The quantitative estimate of drug-likeness (QED) is 0.339. The molecular formula is C14H26O8. The van der Waals surface area contributed by atoms with Crippen molar-refractivity contribution >= 4 is 11.9 Å². The SMILES string of the molecule is CCCCC(O)(CC)C(O)(OC(=O)C(C)O)OC(=O)C(C)O. The van der Waals surface area contributed by atoms with Crippen molar-refractivity contribution in [3.63, 3.8) is 0 Å². The van der Waals surface area contributed by atoms with Gasteiger partial charge in [0.25, 0.3) is 0 Å². The molecule has 0 bridgehead atoms. The first-order valence-corrected chi connectivity index (χ1v) is 7.29. The molecule has 4 N–H and O–H groups in total. The monoisotopic (exact) mass is 322 g/mol. The number of aliphatic hydroxyl groups is 4. The van der Waals surface area contributed by atoms with Gasteiger partial charge in [0.15, 0.2) is 5.60 Å². The highest BCUT2D eigenvalue weighted by Gasteiger charge is 2.56. The summed E-state index contributed by atoms with van der Waals surface area (Å²) in [6, 6.07) is 0. The number of hydrogen-bond acceptors (Lipinski definition) is 8. The summed E-state index contributed by atoms with van der Waals surface area (Å²) >= 11 is 0. The number of aliphatic hydroxyl groups excluding tert-OH is 2. The number of rotatable bonds is 9. The summed E-state index contributed by atoms with van der Waals surface area (Å²) in [6.07, 6.45) is -2.16. The summed E-state index contributed by atoms with van der Waals surface area (Å²) in [7, 11) is 0. The molecule has 0 radical (unpaired) electrons. The average molecular weight is 322 g/mol. The Labute approximate surface area is 129 Å². The maximum atomic E-state index is 11.5. The van der Waals surface area contributed by atoms with Gasteiger partial charge in [-0.1, -0.05) is 26.7 Å². The zero-order chi connectivity index (χ0) is 17.6. The molecule has 3 atom stereocenters. The normalized spacial score (nSPS) is 19.5. The molecule has 8 nitrogen and oxygen atoms in total. The third-order valence-corrected chi connectivity index (χ3v) is 3.28. The second kappa shape index (κ2) is 8.42. The molecule has 0 spiro atoms. The highest BCUT2D eigenvalue weighted by molar-refractivity contribution is 5.76. The maximum absolute atomic E-state index is 11.5. The van der Waals surface area contributed by atoms with E-state index in [1.54, 1.807) is 0 Å². The van der Waals surface area contributed by atoms with Gasteiger partial charge in [-0.05, 0) is 26.7 Å². The molecule has 0 fully saturated rings. The molecular weight excluding hydrogens is 296 g/mol. The Balaban J connectivity index is 5.53. The first kappa shape index (κ1) is 20.8. The summed E-state index contributed by atoms with van der Waals surface area (Å²) in [4.78, 5) is 23.1. The minimum absolute atomic E-state index is 0.0172. The molecule has 0 aliphatic rings. The molecule has 0 amide bonds. The second-order valence-corrected chi connectivity index (χ2v) is 5.26. The van der Waals surface area contributed by atoms with Crippen LogP contribution in [0.3, 0.4) is 0 Å². The number of ether oxygens (including phenoxy) is 2. The largest absolute Gasteiger partial charge is 0.404 e. The van der Waals surface area contributed by atoms with Gasteiger partial charge in [-0.2, -0.15) is 0 Å². The van der Waals surface area contributed by atoms with Crippen LogP contribution in [0.4, 0.5) is 0 Å². The van der Waals surface area contributed by atoms with Crippen LogP contribution in [0.2, 0.25) is 0 Å². The number of unbranched alkanes of at least 4 members (excludes halogenated alkanes) is 1. The fourth-order valence-corrected chi connectivity index (χ4v) is 1.68. The molecule has 0 rings (SSSR count). The maximum Gasteiger partial charge on any atom is 0.404 e. The lowest BCUT2D eigenvalue weighted by Crippen LogP contribution is -2.60. The highest BCUT2D eigenvalue weighted by atomic mass is 16.9. The van der Waals surface area contributed by atoms with Crippen LogP contribution >= 0.6 is 0 Å². The van der Waals surface area contributed by atoms with E-state index >= 15 is 0 Å².